The maximum atomic E-state index is 10.8. The van der Waals surface area contributed by atoms with E-state index in [0.717, 1.165) is 35.8 Å². The molecule has 0 saturated heterocycles. The summed E-state index contributed by atoms with van der Waals surface area (Å²) in [5, 5.41) is 14.0. The second-order valence-corrected chi connectivity index (χ2v) is 6.89. The highest BCUT2D eigenvalue weighted by atomic mass is 32.1. The number of aliphatic hydroxyl groups is 1. The SMILES string of the molecule is Cc1cccc2cc(C(O)C3CCCc4sccc43)oc12. The second kappa shape index (κ2) is 5.00. The minimum Gasteiger partial charge on any atom is -0.458 e. The van der Waals surface area contributed by atoms with E-state index in [1.165, 1.54) is 10.4 Å². The molecule has 0 radical (unpaired) electrons. The first-order chi connectivity index (χ1) is 10.2. The first kappa shape index (κ1) is 13.1. The Balaban J connectivity index is 1.74. The van der Waals surface area contributed by atoms with E-state index < -0.39 is 6.10 Å². The molecule has 2 aromatic heterocycles. The highest BCUT2D eigenvalue weighted by molar-refractivity contribution is 7.10. The number of furan rings is 1. The van der Waals surface area contributed by atoms with E-state index in [2.05, 4.69) is 11.4 Å². The lowest BCUT2D eigenvalue weighted by Crippen LogP contribution is -2.15. The molecule has 3 heteroatoms. The van der Waals surface area contributed by atoms with Crippen LogP contribution in [0.5, 0.6) is 0 Å². The largest absolute Gasteiger partial charge is 0.458 e. The number of benzene rings is 1. The van der Waals surface area contributed by atoms with Crippen molar-refractivity contribution in [3.63, 3.8) is 0 Å². The molecule has 1 aliphatic rings. The Labute approximate surface area is 128 Å². The highest BCUT2D eigenvalue weighted by Crippen LogP contribution is 2.43. The van der Waals surface area contributed by atoms with Crippen molar-refractivity contribution < 1.29 is 9.52 Å². The summed E-state index contributed by atoms with van der Waals surface area (Å²) >= 11 is 1.81. The Bertz CT molecular complexity index is 783. The minimum absolute atomic E-state index is 0.167. The van der Waals surface area contributed by atoms with Crippen molar-refractivity contribution in [2.45, 2.75) is 38.2 Å². The molecule has 1 aromatic carbocycles. The molecule has 0 amide bonds. The molecule has 2 nitrogen and oxygen atoms in total. The molecule has 0 fully saturated rings. The molecule has 0 bridgehead atoms. The van der Waals surface area contributed by atoms with Crippen LogP contribution in [0, 0.1) is 6.92 Å². The predicted molar refractivity (Wildman–Crippen MR) is 85.9 cm³/mol. The molecule has 0 spiro atoms. The molecule has 2 atom stereocenters. The Kier molecular flexibility index (Phi) is 3.12. The van der Waals surface area contributed by atoms with Gasteiger partial charge in [-0.25, -0.2) is 0 Å². The summed E-state index contributed by atoms with van der Waals surface area (Å²) in [5.41, 5.74) is 3.33. The molecule has 1 N–H and O–H groups in total. The number of aliphatic hydroxyl groups excluding tert-OH is 1. The molecule has 108 valence electrons. The number of hydrogen-bond donors (Lipinski definition) is 1. The average Bonchev–Trinajstić information content (AvgIpc) is 3.13. The maximum Gasteiger partial charge on any atom is 0.137 e. The molecule has 2 heterocycles. The topological polar surface area (TPSA) is 33.4 Å². The van der Waals surface area contributed by atoms with Crippen LogP contribution in [0.4, 0.5) is 0 Å². The normalized spacial score (nSPS) is 19.6. The Morgan fingerprint density at radius 2 is 2.24 bits per heavy atom. The van der Waals surface area contributed by atoms with Gasteiger partial charge < -0.3 is 9.52 Å². The van der Waals surface area contributed by atoms with Crippen molar-refractivity contribution in [2.24, 2.45) is 0 Å². The third kappa shape index (κ3) is 2.12. The Hall–Kier alpha value is -1.58. The highest BCUT2D eigenvalue weighted by Gasteiger charge is 2.30. The van der Waals surface area contributed by atoms with E-state index in [-0.39, 0.29) is 5.92 Å². The smallest absolute Gasteiger partial charge is 0.137 e. The quantitative estimate of drug-likeness (QED) is 0.725. The number of rotatable bonds is 2. The van der Waals surface area contributed by atoms with E-state index in [9.17, 15) is 5.11 Å². The minimum atomic E-state index is -0.551. The van der Waals surface area contributed by atoms with Gasteiger partial charge in [0.2, 0.25) is 0 Å². The summed E-state index contributed by atoms with van der Waals surface area (Å²) in [6.07, 6.45) is 2.77. The van der Waals surface area contributed by atoms with E-state index >= 15 is 0 Å². The van der Waals surface area contributed by atoms with Crippen LogP contribution in [0.15, 0.2) is 40.1 Å². The molecular formula is C18H18O2S. The molecule has 4 rings (SSSR count). The van der Waals surface area contributed by atoms with E-state index in [0.29, 0.717) is 5.76 Å². The van der Waals surface area contributed by atoms with Crippen molar-refractivity contribution >= 4 is 22.3 Å². The van der Waals surface area contributed by atoms with Crippen molar-refractivity contribution in [3.8, 4) is 0 Å². The number of aryl methyl sites for hydroxylation is 2. The fourth-order valence-corrected chi connectivity index (χ4v) is 4.42. The van der Waals surface area contributed by atoms with Crippen LogP contribution in [-0.2, 0) is 6.42 Å². The molecule has 3 aromatic rings. The van der Waals surface area contributed by atoms with Gasteiger partial charge in [0.25, 0.3) is 0 Å². The van der Waals surface area contributed by atoms with Crippen molar-refractivity contribution in [2.75, 3.05) is 0 Å². The number of hydrogen-bond acceptors (Lipinski definition) is 3. The lowest BCUT2D eigenvalue weighted by molar-refractivity contribution is 0.114. The van der Waals surface area contributed by atoms with Gasteiger partial charge in [0.15, 0.2) is 0 Å². The van der Waals surface area contributed by atoms with Gasteiger partial charge in [-0.3, -0.25) is 0 Å². The van der Waals surface area contributed by atoms with Gasteiger partial charge in [-0.1, -0.05) is 18.2 Å². The summed E-state index contributed by atoms with van der Waals surface area (Å²) in [6.45, 7) is 2.04. The van der Waals surface area contributed by atoms with Crippen molar-refractivity contribution in [3.05, 3.63) is 57.5 Å². The lowest BCUT2D eigenvalue weighted by Gasteiger charge is -2.26. The Morgan fingerprint density at radius 3 is 3.10 bits per heavy atom. The van der Waals surface area contributed by atoms with Crippen LogP contribution in [0.25, 0.3) is 11.0 Å². The fourth-order valence-electron chi connectivity index (χ4n) is 3.42. The van der Waals surface area contributed by atoms with Gasteiger partial charge in [0, 0.05) is 16.2 Å². The molecule has 0 saturated carbocycles. The number of fused-ring (bicyclic) bond motifs is 2. The van der Waals surface area contributed by atoms with Crippen LogP contribution in [-0.4, -0.2) is 5.11 Å². The molecule has 0 aliphatic heterocycles. The third-order valence-corrected chi connectivity index (χ3v) is 5.53. The first-order valence-corrected chi connectivity index (χ1v) is 8.35. The molecule has 21 heavy (non-hydrogen) atoms. The van der Waals surface area contributed by atoms with Crippen LogP contribution >= 0.6 is 11.3 Å². The average molecular weight is 298 g/mol. The second-order valence-electron chi connectivity index (χ2n) is 5.88. The standard InChI is InChI=1S/C18H18O2S/c1-11-4-2-5-12-10-15(20-18(11)12)17(19)14-6-3-7-16-13(14)8-9-21-16/h2,4-5,8-10,14,17,19H,3,6-7H2,1H3. The number of thiophene rings is 1. The fraction of sp³-hybridized carbons (Fsp3) is 0.333. The van der Waals surface area contributed by atoms with Gasteiger partial charge in [-0.2, -0.15) is 0 Å². The third-order valence-electron chi connectivity index (χ3n) is 4.53. The summed E-state index contributed by atoms with van der Waals surface area (Å²) < 4.78 is 5.96. The van der Waals surface area contributed by atoms with Gasteiger partial charge in [0.05, 0.1) is 0 Å². The van der Waals surface area contributed by atoms with Crippen LogP contribution in [0.1, 0.15) is 46.6 Å². The monoisotopic (exact) mass is 298 g/mol. The van der Waals surface area contributed by atoms with Gasteiger partial charge in [-0.15, -0.1) is 11.3 Å². The van der Waals surface area contributed by atoms with Crippen LogP contribution < -0.4 is 0 Å². The number of para-hydroxylation sites is 1. The van der Waals surface area contributed by atoms with E-state index in [4.69, 9.17) is 4.42 Å². The lowest BCUT2D eigenvalue weighted by atomic mass is 9.83. The predicted octanol–water partition coefficient (Wildman–Crippen LogP) is 4.96. The molecule has 2 unspecified atom stereocenters. The van der Waals surface area contributed by atoms with Gasteiger partial charge in [-0.05, 0) is 54.8 Å². The zero-order chi connectivity index (χ0) is 14.4. The zero-order valence-electron chi connectivity index (χ0n) is 12.0. The zero-order valence-corrected chi connectivity index (χ0v) is 12.8. The van der Waals surface area contributed by atoms with Crippen LogP contribution in [0.2, 0.25) is 0 Å². The van der Waals surface area contributed by atoms with Gasteiger partial charge in [0.1, 0.15) is 17.4 Å². The summed E-state index contributed by atoms with van der Waals surface area (Å²) in [4.78, 5) is 1.43. The molecule has 1 aliphatic carbocycles. The van der Waals surface area contributed by atoms with E-state index in [1.807, 2.05) is 42.5 Å². The van der Waals surface area contributed by atoms with Crippen molar-refractivity contribution in [1.29, 1.82) is 0 Å². The summed E-state index contributed by atoms with van der Waals surface area (Å²) in [7, 11) is 0. The van der Waals surface area contributed by atoms with E-state index in [1.54, 1.807) is 0 Å². The molecular weight excluding hydrogens is 280 g/mol. The van der Waals surface area contributed by atoms with Crippen molar-refractivity contribution in [1.82, 2.24) is 0 Å². The van der Waals surface area contributed by atoms with Gasteiger partial charge >= 0.3 is 0 Å². The summed E-state index contributed by atoms with van der Waals surface area (Å²) in [6, 6.07) is 10.3. The Morgan fingerprint density at radius 1 is 1.33 bits per heavy atom. The summed E-state index contributed by atoms with van der Waals surface area (Å²) in [5.74, 6) is 0.865. The first-order valence-electron chi connectivity index (χ1n) is 7.47. The van der Waals surface area contributed by atoms with Crippen LogP contribution in [0.3, 0.4) is 0 Å². The maximum absolute atomic E-state index is 10.8.